The van der Waals surface area contributed by atoms with Crippen LogP contribution in [0.4, 0.5) is 0 Å². The van der Waals surface area contributed by atoms with E-state index in [0.29, 0.717) is 13.2 Å². The largest absolute Gasteiger partial charge is 0.497 e. The second kappa shape index (κ2) is 11.0. The Balaban J connectivity index is 1.58. The van der Waals surface area contributed by atoms with E-state index in [-0.39, 0.29) is 18.3 Å². The van der Waals surface area contributed by atoms with E-state index < -0.39 is 0 Å². The summed E-state index contributed by atoms with van der Waals surface area (Å²) in [4.78, 5) is 14.7. The van der Waals surface area contributed by atoms with Gasteiger partial charge in [-0.2, -0.15) is 0 Å². The lowest BCUT2D eigenvalue weighted by atomic mass is 9.89. The minimum Gasteiger partial charge on any atom is -0.497 e. The van der Waals surface area contributed by atoms with Gasteiger partial charge in [0.25, 0.3) is 0 Å². The molecular formula is C27H31N3O4S. The Morgan fingerprint density at radius 3 is 2.54 bits per heavy atom. The van der Waals surface area contributed by atoms with Crippen LogP contribution in [0.5, 0.6) is 5.75 Å². The smallest absolute Gasteiger partial charge is 0.306 e. The predicted molar refractivity (Wildman–Crippen MR) is 137 cm³/mol. The summed E-state index contributed by atoms with van der Waals surface area (Å²) < 4.78 is 18.1. The number of rotatable bonds is 10. The van der Waals surface area contributed by atoms with E-state index in [1.807, 2.05) is 41.9 Å². The first kappa shape index (κ1) is 24.9. The monoisotopic (exact) mass is 493 g/mol. The molecule has 1 atom stereocenters. The molecule has 184 valence electrons. The van der Waals surface area contributed by atoms with E-state index in [2.05, 4.69) is 36.3 Å². The molecule has 8 heteroatoms. The highest BCUT2D eigenvalue weighted by molar-refractivity contribution is 7.12. The fraction of sp³-hybridized carbons (Fsp3) is 0.370. The van der Waals surface area contributed by atoms with Gasteiger partial charge in [0, 0.05) is 22.2 Å². The molecule has 2 heterocycles. The maximum absolute atomic E-state index is 12.4. The van der Waals surface area contributed by atoms with Crippen LogP contribution < -0.4 is 4.74 Å². The maximum atomic E-state index is 12.4. The zero-order valence-electron chi connectivity index (χ0n) is 20.8. The van der Waals surface area contributed by atoms with Gasteiger partial charge in [-0.05, 0) is 67.3 Å². The standard InChI is InChI=1S/C27H31N3O4S/c1-6-30-24-12-11-22(17(2)27(24)28-29-30)23(14-26(31)33-5)25-13-20(18(3)35-25)16-34-15-19-7-9-21(32-4)10-8-19/h7-13,23H,6,14-16H2,1-5H3/t23-/m0/s1. The Morgan fingerprint density at radius 1 is 1.09 bits per heavy atom. The summed E-state index contributed by atoms with van der Waals surface area (Å²) >= 11 is 1.70. The molecule has 0 aliphatic heterocycles. The van der Waals surface area contributed by atoms with Crippen LogP contribution in [0, 0.1) is 13.8 Å². The molecule has 35 heavy (non-hydrogen) atoms. The van der Waals surface area contributed by atoms with Gasteiger partial charge in [-0.1, -0.05) is 23.4 Å². The van der Waals surface area contributed by atoms with Crippen molar-refractivity contribution in [3.8, 4) is 5.75 Å². The minimum atomic E-state index is -0.241. The number of hydrogen-bond donors (Lipinski definition) is 0. The van der Waals surface area contributed by atoms with Crippen molar-refractivity contribution in [1.29, 1.82) is 0 Å². The van der Waals surface area contributed by atoms with Crippen molar-refractivity contribution in [2.24, 2.45) is 0 Å². The first-order valence-electron chi connectivity index (χ1n) is 11.6. The molecule has 4 aromatic rings. The van der Waals surface area contributed by atoms with E-state index in [9.17, 15) is 4.79 Å². The highest BCUT2D eigenvalue weighted by Crippen LogP contribution is 2.38. The van der Waals surface area contributed by atoms with Crippen LogP contribution in [0.1, 0.15) is 51.3 Å². The molecule has 7 nitrogen and oxygen atoms in total. The number of aromatic nitrogens is 3. The molecule has 2 aromatic heterocycles. The van der Waals surface area contributed by atoms with Gasteiger partial charge in [-0.25, -0.2) is 4.68 Å². The zero-order valence-corrected chi connectivity index (χ0v) is 21.6. The molecule has 0 saturated carbocycles. The van der Waals surface area contributed by atoms with Crippen molar-refractivity contribution in [1.82, 2.24) is 15.0 Å². The minimum absolute atomic E-state index is 0.127. The fourth-order valence-corrected chi connectivity index (χ4v) is 5.42. The van der Waals surface area contributed by atoms with Gasteiger partial charge >= 0.3 is 5.97 Å². The topological polar surface area (TPSA) is 75.5 Å². The van der Waals surface area contributed by atoms with Crippen LogP contribution in [0.15, 0.2) is 42.5 Å². The molecule has 0 radical (unpaired) electrons. The number of thiophene rings is 1. The lowest BCUT2D eigenvalue weighted by Crippen LogP contribution is -2.10. The van der Waals surface area contributed by atoms with Crippen molar-refractivity contribution >= 4 is 28.3 Å². The molecule has 0 N–H and O–H groups in total. The molecule has 0 bridgehead atoms. The number of carbonyl (C=O) groups excluding carboxylic acids is 1. The second-order valence-corrected chi connectivity index (χ2v) is 9.74. The first-order valence-corrected chi connectivity index (χ1v) is 12.5. The first-order chi connectivity index (χ1) is 16.9. The number of carbonyl (C=O) groups is 1. The van der Waals surface area contributed by atoms with Crippen LogP contribution >= 0.6 is 11.3 Å². The van der Waals surface area contributed by atoms with Gasteiger partial charge in [0.2, 0.25) is 0 Å². The van der Waals surface area contributed by atoms with Crippen molar-refractivity contribution in [3.05, 3.63) is 74.5 Å². The third-order valence-electron chi connectivity index (χ3n) is 6.32. The van der Waals surface area contributed by atoms with Crippen LogP contribution in [0.2, 0.25) is 0 Å². The van der Waals surface area contributed by atoms with E-state index in [1.165, 1.54) is 12.0 Å². The molecule has 0 aliphatic carbocycles. The van der Waals surface area contributed by atoms with Crippen molar-refractivity contribution < 1.29 is 19.0 Å². The van der Waals surface area contributed by atoms with Gasteiger partial charge in [0.15, 0.2) is 0 Å². The van der Waals surface area contributed by atoms with Crippen LogP contribution in [0.25, 0.3) is 11.0 Å². The zero-order chi connectivity index (χ0) is 24.9. The average Bonchev–Trinajstić information content (AvgIpc) is 3.47. The average molecular weight is 494 g/mol. The van der Waals surface area contributed by atoms with Crippen LogP contribution in [-0.2, 0) is 34.0 Å². The fourth-order valence-electron chi connectivity index (χ4n) is 4.27. The summed E-state index contributed by atoms with van der Waals surface area (Å²) in [6.45, 7) is 7.97. The summed E-state index contributed by atoms with van der Waals surface area (Å²) in [6, 6.07) is 14.2. The lowest BCUT2D eigenvalue weighted by molar-refractivity contribution is -0.140. The van der Waals surface area contributed by atoms with Crippen molar-refractivity contribution in [3.63, 3.8) is 0 Å². The van der Waals surface area contributed by atoms with Gasteiger partial charge in [-0.3, -0.25) is 4.79 Å². The van der Waals surface area contributed by atoms with Gasteiger partial charge < -0.3 is 14.2 Å². The summed E-state index contributed by atoms with van der Waals surface area (Å²) in [6.07, 6.45) is 0.261. The van der Waals surface area contributed by atoms with Crippen LogP contribution in [0.3, 0.4) is 0 Å². The Labute approximate surface area is 209 Å². The Kier molecular flexibility index (Phi) is 7.83. The number of nitrogens with zero attached hydrogens (tertiary/aromatic N) is 3. The summed E-state index contributed by atoms with van der Waals surface area (Å²) in [5.41, 5.74) is 6.20. The summed E-state index contributed by atoms with van der Waals surface area (Å²) in [5.74, 6) is 0.460. The highest BCUT2D eigenvalue weighted by Gasteiger charge is 2.25. The Bertz CT molecular complexity index is 1310. The summed E-state index contributed by atoms with van der Waals surface area (Å²) in [7, 11) is 3.09. The van der Waals surface area contributed by atoms with E-state index in [0.717, 1.165) is 50.5 Å². The quantitative estimate of drug-likeness (QED) is 0.270. The SMILES string of the molecule is CCn1nnc2c(C)c([C@H](CC(=O)OC)c3cc(COCc4ccc(OC)cc4)c(C)s3)ccc21. The molecular weight excluding hydrogens is 462 g/mol. The van der Waals surface area contributed by atoms with E-state index in [1.54, 1.807) is 18.4 Å². The molecule has 2 aromatic carbocycles. The normalized spacial score (nSPS) is 12.1. The number of methoxy groups -OCH3 is 2. The predicted octanol–water partition coefficient (Wildman–Crippen LogP) is 5.55. The van der Waals surface area contributed by atoms with Gasteiger partial charge in [0.05, 0.1) is 39.4 Å². The van der Waals surface area contributed by atoms with Gasteiger partial charge in [0.1, 0.15) is 11.3 Å². The number of ether oxygens (including phenoxy) is 3. The molecule has 0 amide bonds. The lowest BCUT2D eigenvalue weighted by Gasteiger charge is -2.17. The Morgan fingerprint density at radius 2 is 1.86 bits per heavy atom. The molecule has 4 rings (SSSR count). The number of fused-ring (bicyclic) bond motifs is 1. The highest BCUT2D eigenvalue weighted by atomic mass is 32.1. The number of aryl methyl sites for hydroxylation is 3. The number of benzene rings is 2. The number of hydrogen-bond acceptors (Lipinski definition) is 7. The molecule has 0 unspecified atom stereocenters. The molecule has 0 fully saturated rings. The molecule has 0 spiro atoms. The van der Waals surface area contributed by atoms with Crippen molar-refractivity contribution in [2.45, 2.75) is 52.9 Å². The third-order valence-corrected chi connectivity index (χ3v) is 7.53. The molecule has 0 aliphatic rings. The van der Waals surface area contributed by atoms with E-state index in [4.69, 9.17) is 14.2 Å². The number of esters is 1. The van der Waals surface area contributed by atoms with Gasteiger partial charge in [-0.15, -0.1) is 16.4 Å². The summed E-state index contributed by atoms with van der Waals surface area (Å²) in [5, 5.41) is 8.67. The van der Waals surface area contributed by atoms with Crippen molar-refractivity contribution in [2.75, 3.05) is 14.2 Å². The van der Waals surface area contributed by atoms with Crippen LogP contribution in [-0.4, -0.2) is 35.2 Å². The molecule has 0 saturated heterocycles. The third kappa shape index (κ3) is 5.39. The van der Waals surface area contributed by atoms with E-state index >= 15 is 0 Å². The Hall–Kier alpha value is -3.23. The second-order valence-electron chi connectivity index (χ2n) is 8.46. The maximum Gasteiger partial charge on any atom is 0.306 e.